The zero-order valence-electron chi connectivity index (χ0n) is 15.5. The Morgan fingerprint density at radius 2 is 1.68 bits per heavy atom. The van der Waals surface area contributed by atoms with E-state index in [0.29, 0.717) is 11.4 Å². The van der Waals surface area contributed by atoms with E-state index in [4.69, 9.17) is 9.47 Å². The summed E-state index contributed by atoms with van der Waals surface area (Å²) >= 11 is 0. The summed E-state index contributed by atoms with van der Waals surface area (Å²) in [7, 11) is 0. The number of alkyl halides is 2. The molecule has 0 fully saturated rings. The van der Waals surface area contributed by atoms with Gasteiger partial charge in [0.15, 0.2) is 13.2 Å². The first kappa shape index (κ1) is 21.1. The minimum atomic E-state index is -2.92. The Balaban J connectivity index is 1.76. The third-order valence-corrected chi connectivity index (χ3v) is 3.61. The molecule has 0 spiro atoms. The molecule has 1 N–H and O–H groups in total. The van der Waals surface area contributed by atoms with Crippen LogP contribution in [0.15, 0.2) is 48.5 Å². The van der Waals surface area contributed by atoms with Gasteiger partial charge in [0.2, 0.25) is 0 Å². The van der Waals surface area contributed by atoms with Crippen LogP contribution in [-0.2, 0) is 14.3 Å². The molecule has 0 unspecified atom stereocenters. The minimum Gasteiger partial charge on any atom is -0.482 e. The molecule has 2 aromatic rings. The van der Waals surface area contributed by atoms with Crippen molar-refractivity contribution in [2.75, 3.05) is 18.5 Å². The number of halogens is 2. The van der Waals surface area contributed by atoms with E-state index < -0.39 is 25.1 Å². The van der Waals surface area contributed by atoms with Crippen molar-refractivity contribution >= 4 is 17.6 Å². The number of esters is 1. The summed E-state index contributed by atoms with van der Waals surface area (Å²) in [5.41, 5.74) is 1.32. The second kappa shape index (κ2) is 10.2. The van der Waals surface area contributed by atoms with E-state index in [9.17, 15) is 18.4 Å². The number of anilines is 1. The van der Waals surface area contributed by atoms with Crippen LogP contribution in [0.5, 0.6) is 11.5 Å². The Hall–Kier alpha value is -3.16. The summed E-state index contributed by atoms with van der Waals surface area (Å²) in [6.07, 6.45) is 0. The first-order valence-electron chi connectivity index (χ1n) is 8.57. The van der Waals surface area contributed by atoms with Gasteiger partial charge in [-0.2, -0.15) is 8.78 Å². The predicted molar refractivity (Wildman–Crippen MR) is 98.7 cm³/mol. The fourth-order valence-electron chi connectivity index (χ4n) is 2.33. The van der Waals surface area contributed by atoms with Crippen LogP contribution < -0.4 is 14.8 Å². The van der Waals surface area contributed by atoms with Gasteiger partial charge in [0.05, 0.1) is 0 Å². The molecule has 150 valence electrons. The van der Waals surface area contributed by atoms with E-state index in [1.165, 1.54) is 24.3 Å². The molecule has 8 heteroatoms. The van der Waals surface area contributed by atoms with Gasteiger partial charge in [0.25, 0.3) is 5.91 Å². The number of hydrogen-bond acceptors (Lipinski definition) is 5. The van der Waals surface area contributed by atoms with Crippen molar-refractivity contribution in [3.8, 4) is 11.5 Å². The van der Waals surface area contributed by atoms with Crippen LogP contribution in [0.25, 0.3) is 0 Å². The SMILES string of the molecule is CC(C)c1ccccc1OCC(=O)OCC(=O)Nc1ccc(OC(F)F)cc1. The first-order chi connectivity index (χ1) is 13.3. The molecule has 2 rings (SSSR count). The van der Waals surface area contributed by atoms with Crippen molar-refractivity contribution in [1.82, 2.24) is 0 Å². The largest absolute Gasteiger partial charge is 0.482 e. The van der Waals surface area contributed by atoms with Crippen molar-refractivity contribution < 1.29 is 32.6 Å². The second-order valence-corrected chi connectivity index (χ2v) is 6.09. The van der Waals surface area contributed by atoms with Crippen LogP contribution in [0.3, 0.4) is 0 Å². The van der Waals surface area contributed by atoms with E-state index in [-0.39, 0.29) is 18.3 Å². The number of ether oxygens (including phenoxy) is 3. The Kier molecular flexibility index (Phi) is 7.74. The molecule has 0 saturated carbocycles. The number of carbonyl (C=O) groups excluding carboxylic acids is 2. The van der Waals surface area contributed by atoms with Crippen molar-refractivity contribution in [3.05, 3.63) is 54.1 Å². The van der Waals surface area contributed by atoms with Gasteiger partial charge in [0, 0.05) is 5.69 Å². The zero-order valence-corrected chi connectivity index (χ0v) is 15.5. The van der Waals surface area contributed by atoms with Crippen LogP contribution in [0.4, 0.5) is 14.5 Å². The van der Waals surface area contributed by atoms with E-state index in [2.05, 4.69) is 10.1 Å². The lowest BCUT2D eigenvalue weighted by Crippen LogP contribution is -2.23. The summed E-state index contributed by atoms with van der Waals surface area (Å²) in [5.74, 6) is -0.466. The highest BCUT2D eigenvalue weighted by molar-refractivity contribution is 5.92. The van der Waals surface area contributed by atoms with Gasteiger partial charge in [-0.1, -0.05) is 32.0 Å². The summed E-state index contributed by atoms with van der Waals surface area (Å²) in [6.45, 7) is 0.281. The standard InChI is InChI=1S/C20H21F2NO5/c1-13(2)16-5-3-4-6-17(16)26-12-19(25)27-11-18(24)23-14-7-9-15(10-8-14)28-20(21)22/h3-10,13,20H,11-12H2,1-2H3,(H,23,24). The molecule has 0 aromatic heterocycles. The molecule has 1 amide bonds. The fraction of sp³-hybridized carbons (Fsp3) is 0.300. The molecule has 0 radical (unpaired) electrons. The maximum absolute atomic E-state index is 12.1. The maximum Gasteiger partial charge on any atom is 0.387 e. The van der Waals surface area contributed by atoms with Gasteiger partial charge in [0.1, 0.15) is 11.5 Å². The number of amides is 1. The second-order valence-electron chi connectivity index (χ2n) is 6.09. The molecular formula is C20H21F2NO5. The highest BCUT2D eigenvalue weighted by Gasteiger charge is 2.12. The van der Waals surface area contributed by atoms with Gasteiger partial charge in [-0.15, -0.1) is 0 Å². The number of carbonyl (C=O) groups is 2. The number of benzene rings is 2. The number of para-hydroxylation sites is 1. The number of nitrogens with one attached hydrogen (secondary N) is 1. The summed E-state index contributed by atoms with van der Waals surface area (Å²) in [5, 5.41) is 2.48. The molecule has 28 heavy (non-hydrogen) atoms. The van der Waals surface area contributed by atoms with E-state index in [0.717, 1.165) is 5.56 Å². The predicted octanol–water partition coefficient (Wildman–Crippen LogP) is 3.97. The number of hydrogen-bond donors (Lipinski definition) is 1. The molecule has 0 aliphatic carbocycles. The molecule has 2 aromatic carbocycles. The smallest absolute Gasteiger partial charge is 0.387 e. The first-order valence-corrected chi connectivity index (χ1v) is 8.57. The molecular weight excluding hydrogens is 372 g/mol. The molecule has 6 nitrogen and oxygen atoms in total. The van der Waals surface area contributed by atoms with Crippen molar-refractivity contribution in [3.63, 3.8) is 0 Å². The van der Waals surface area contributed by atoms with E-state index in [1.807, 2.05) is 26.0 Å². The average molecular weight is 393 g/mol. The van der Waals surface area contributed by atoms with Crippen molar-refractivity contribution in [2.45, 2.75) is 26.4 Å². The van der Waals surface area contributed by atoms with Gasteiger partial charge in [-0.05, 0) is 41.8 Å². The van der Waals surface area contributed by atoms with Gasteiger partial charge >= 0.3 is 12.6 Å². The molecule has 0 aliphatic rings. The Labute approximate surface area is 161 Å². The Morgan fingerprint density at radius 3 is 2.32 bits per heavy atom. The lowest BCUT2D eigenvalue weighted by molar-refractivity contribution is -0.149. The van der Waals surface area contributed by atoms with Gasteiger partial charge < -0.3 is 19.5 Å². The van der Waals surface area contributed by atoms with Gasteiger partial charge in [-0.25, -0.2) is 4.79 Å². The molecule has 0 aliphatic heterocycles. The highest BCUT2D eigenvalue weighted by Crippen LogP contribution is 2.25. The van der Waals surface area contributed by atoms with Crippen molar-refractivity contribution in [2.24, 2.45) is 0 Å². The lowest BCUT2D eigenvalue weighted by atomic mass is 10.0. The quantitative estimate of drug-likeness (QED) is 0.653. The van der Waals surface area contributed by atoms with Crippen LogP contribution in [0, 0.1) is 0 Å². The van der Waals surface area contributed by atoms with Crippen LogP contribution in [0.2, 0.25) is 0 Å². The third kappa shape index (κ3) is 6.86. The maximum atomic E-state index is 12.1. The highest BCUT2D eigenvalue weighted by atomic mass is 19.3. The average Bonchev–Trinajstić information content (AvgIpc) is 2.66. The normalized spacial score (nSPS) is 10.6. The van der Waals surface area contributed by atoms with E-state index in [1.54, 1.807) is 12.1 Å². The number of rotatable bonds is 9. The molecule has 0 saturated heterocycles. The van der Waals surface area contributed by atoms with Crippen LogP contribution in [0.1, 0.15) is 25.3 Å². The monoisotopic (exact) mass is 393 g/mol. The van der Waals surface area contributed by atoms with E-state index >= 15 is 0 Å². The zero-order chi connectivity index (χ0) is 20.5. The van der Waals surface area contributed by atoms with Crippen LogP contribution >= 0.6 is 0 Å². The Morgan fingerprint density at radius 1 is 1.00 bits per heavy atom. The molecule has 0 bridgehead atoms. The summed E-state index contributed by atoms with van der Waals surface area (Å²) in [4.78, 5) is 23.6. The molecule has 0 atom stereocenters. The minimum absolute atomic E-state index is 0.0294. The summed E-state index contributed by atoms with van der Waals surface area (Å²) < 4.78 is 38.7. The topological polar surface area (TPSA) is 73.9 Å². The lowest BCUT2D eigenvalue weighted by Gasteiger charge is -2.13. The van der Waals surface area contributed by atoms with Crippen LogP contribution in [-0.4, -0.2) is 31.7 Å². The Bertz CT molecular complexity index is 793. The fourth-order valence-corrected chi connectivity index (χ4v) is 2.33. The van der Waals surface area contributed by atoms with Crippen molar-refractivity contribution in [1.29, 1.82) is 0 Å². The molecule has 0 heterocycles. The van der Waals surface area contributed by atoms with Gasteiger partial charge in [-0.3, -0.25) is 4.79 Å². The summed E-state index contributed by atoms with van der Waals surface area (Å²) in [6, 6.07) is 12.7. The third-order valence-electron chi connectivity index (χ3n) is 3.61.